The molecule has 4 heteroatoms. The van der Waals surface area contributed by atoms with Crippen molar-refractivity contribution in [3.05, 3.63) is 77.7 Å². The van der Waals surface area contributed by atoms with Crippen LogP contribution in [-0.2, 0) is 0 Å². The van der Waals surface area contributed by atoms with Crippen molar-refractivity contribution < 1.29 is 9.18 Å². The predicted molar refractivity (Wildman–Crippen MR) is 90.0 cm³/mol. The lowest BCUT2D eigenvalue weighted by atomic mass is 10.0. The van der Waals surface area contributed by atoms with Gasteiger partial charge in [-0.2, -0.15) is 0 Å². The molecule has 0 fully saturated rings. The van der Waals surface area contributed by atoms with E-state index in [4.69, 9.17) is 5.73 Å². The summed E-state index contributed by atoms with van der Waals surface area (Å²) in [5.74, 6) is -0.999. The van der Waals surface area contributed by atoms with E-state index in [1.165, 1.54) is 12.1 Å². The Morgan fingerprint density at radius 1 is 0.957 bits per heavy atom. The van der Waals surface area contributed by atoms with E-state index in [1.807, 2.05) is 36.4 Å². The number of benzene rings is 3. The normalized spacial score (nSPS) is 11.2. The number of carbonyl (C=O) groups excluding carboxylic acids is 1. The maximum Gasteiger partial charge on any atom is 0.212 e. The number of aromatic nitrogens is 1. The van der Waals surface area contributed by atoms with Gasteiger partial charge in [-0.05, 0) is 41.1 Å². The molecule has 3 aromatic carbocycles. The fraction of sp³-hybridized carbons (Fsp3) is 0. The summed E-state index contributed by atoms with van der Waals surface area (Å²) in [6.45, 7) is 0. The Morgan fingerprint density at radius 3 is 2.61 bits per heavy atom. The number of ketones is 1. The molecule has 112 valence electrons. The van der Waals surface area contributed by atoms with Gasteiger partial charge in [-0.1, -0.05) is 30.3 Å². The molecule has 0 aliphatic rings. The van der Waals surface area contributed by atoms with Crippen LogP contribution in [-0.4, -0.2) is 10.8 Å². The van der Waals surface area contributed by atoms with Gasteiger partial charge in [0.2, 0.25) is 5.78 Å². The van der Waals surface area contributed by atoms with E-state index in [0.29, 0.717) is 11.4 Å². The van der Waals surface area contributed by atoms with E-state index in [-0.39, 0.29) is 11.3 Å². The lowest BCUT2D eigenvalue weighted by Crippen LogP contribution is -2.05. The molecular weight excluding hydrogens is 291 g/mol. The quantitative estimate of drug-likeness (QED) is 0.429. The molecule has 23 heavy (non-hydrogen) atoms. The van der Waals surface area contributed by atoms with Crippen molar-refractivity contribution in [2.24, 2.45) is 0 Å². The number of rotatable bonds is 2. The number of nitrogens with one attached hydrogen (secondary N) is 1. The Labute approximate surface area is 131 Å². The van der Waals surface area contributed by atoms with Crippen LogP contribution in [0.1, 0.15) is 16.1 Å². The third kappa shape index (κ3) is 2.16. The maximum atomic E-state index is 14.0. The highest BCUT2D eigenvalue weighted by Crippen LogP contribution is 2.27. The smallest absolute Gasteiger partial charge is 0.212 e. The van der Waals surface area contributed by atoms with E-state index in [2.05, 4.69) is 4.98 Å². The fourth-order valence-corrected chi connectivity index (χ4v) is 2.87. The first kappa shape index (κ1) is 13.5. The maximum absolute atomic E-state index is 14.0. The van der Waals surface area contributed by atoms with Crippen molar-refractivity contribution in [3.63, 3.8) is 0 Å². The second-order valence-electron chi connectivity index (χ2n) is 5.50. The minimum absolute atomic E-state index is 0.00932. The summed E-state index contributed by atoms with van der Waals surface area (Å²) in [5.41, 5.74) is 7.04. The second-order valence-corrected chi connectivity index (χ2v) is 5.50. The van der Waals surface area contributed by atoms with Crippen molar-refractivity contribution in [1.29, 1.82) is 0 Å². The number of fused-ring (bicyclic) bond motifs is 3. The molecule has 3 N–H and O–H groups in total. The third-order valence-electron chi connectivity index (χ3n) is 4.01. The van der Waals surface area contributed by atoms with Crippen LogP contribution >= 0.6 is 0 Å². The average Bonchev–Trinajstić information content (AvgIpc) is 2.99. The zero-order chi connectivity index (χ0) is 16.0. The highest BCUT2D eigenvalue weighted by Gasteiger charge is 2.17. The van der Waals surface area contributed by atoms with E-state index in [0.717, 1.165) is 27.7 Å². The zero-order valence-electron chi connectivity index (χ0n) is 12.1. The molecule has 0 atom stereocenters. The summed E-state index contributed by atoms with van der Waals surface area (Å²) in [5, 5.41) is 3.09. The first-order valence-corrected chi connectivity index (χ1v) is 7.24. The molecule has 0 saturated carbocycles. The summed E-state index contributed by atoms with van der Waals surface area (Å²) in [4.78, 5) is 15.7. The van der Waals surface area contributed by atoms with Crippen molar-refractivity contribution in [3.8, 4) is 0 Å². The molecule has 3 nitrogen and oxygen atoms in total. The largest absolute Gasteiger partial charge is 0.399 e. The second kappa shape index (κ2) is 4.95. The number of H-pyrrole nitrogens is 1. The first-order chi connectivity index (χ1) is 11.1. The van der Waals surface area contributed by atoms with Gasteiger partial charge in [0.1, 0.15) is 5.82 Å². The van der Waals surface area contributed by atoms with Gasteiger partial charge in [-0.25, -0.2) is 4.39 Å². The van der Waals surface area contributed by atoms with Crippen LogP contribution in [0.5, 0.6) is 0 Å². The fourth-order valence-electron chi connectivity index (χ4n) is 2.87. The molecule has 0 saturated heterocycles. The molecule has 0 radical (unpaired) electrons. The number of aromatic amines is 1. The van der Waals surface area contributed by atoms with Gasteiger partial charge in [-0.15, -0.1) is 0 Å². The van der Waals surface area contributed by atoms with Crippen LogP contribution in [0.25, 0.3) is 21.7 Å². The summed E-state index contributed by atoms with van der Waals surface area (Å²) < 4.78 is 14.0. The third-order valence-corrected chi connectivity index (χ3v) is 4.01. The van der Waals surface area contributed by atoms with Gasteiger partial charge in [0.15, 0.2) is 0 Å². The minimum atomic E-state index is -0.612. The van der Waals surface area contributed by atoms with Crippen LogP contribution < -0.4 is 5.73 Å². The number of hydrogen-bond donors (Lipinski definition) is 2. The summed E-state index contributed by atoms with van der Waals surface area (Å²) in [7, 11) is 0. The van der Waals surface area contributed by atoms with Gasteiger partial charge < -0.3 is 10.7 Å². The van der Waals surface area contributed by atoms with Gasteiger partial charge >= 0.3 is 0 Å². The topological polar surface area (TPSA) is 58.9 Å². The molecule has 4 rings (SSSR count). The Hall–Kier alpha value is -3.14. The van der Waals surface area contributed by atoms with Gasteiger partial charge in [-0.3, -0.25) is 4.79 Å². The molecule has 4 aromatic rings. The van der Waals surface area contributed by atoms with Crippen LogP contribution in [0.15, 0.2) is 60.7 Å². The molecule has 0 bridgehead atoms. The number of anilines is 1. The summed E-state index contributed by atoms with van der Waals surface area (Å²) in [6.07, 6.45) is 0. The molecule has 0 amide bonds. The molecular formula is C19H13FN2O. The van der Waals surface area contributed by atoms with Crippen LogP contribution in [0.4, 0.5) is 10.1 Å². The van der Waals surface area contributed by atoms with Gasteiger partial charge in [0.25, 0.3) is 0 Å². The van der Waals surface area contributed by atoms with Gasteiger partial charge in [0.05, 0.1) is 11.3 Å². The Balaban J connectivity index is 1.89. The SMILES string of the molecule is Nc1ccc(C(=O)c2cc3c(ccc4ccccc43)[nH]2)c(F)c1. The van der Waals surface area contributed by atoms with Crippen LogP contribution in [0.3, 0.4) is 0 Å². The summed E-state index contributed by atoms with van der Waals surface area (Å²) >= 11 is 0. The van der Waals surface area contributed by atoms with Gasteiger partial charge in [0, 0.05) is 16.6 Å². The van der Waals surface area contributed by atoms with E-state index >= 15 is 0 Å². The average molecular weight is 304 g/mol. The van der Waals surface area contributed by atoms with Crippen molar-refractivity contribution in [2.45, 2.75) is 0 Å². The Bertz CT molecular complexity index is 1070. The predicted octanol–water partition coefficient (Wildman–Crippen LogP) is 4.27. The van der Waals surface area contributed by atoms with E-state index in [1.54, 1.807) is 6.07 Å². The molecule has 0 spiro atoms. The molecule has 0 unspecified atom stereocenters. The minimum Gasteiger partial charge on any atom is -0.399 e. The van der Waals surface area contributed by atoms with E-state index in [9.17, 15) is 9.18 Å². The highest BCUT2D eigenvalue weighted by atomic mass is 19.1. The monoisotopic (exact) mass is 304 g/mol. The molecule has 0 aliphatic carbocycles. The number of nitrogen functional groups attached to an aromatic ring is 1. The standard InChI is InChI=1S/C19H13FN2O/c20-16-9-12(21)6-7-14(16)19(23)18-10-15-13-4-2-1-3-11(13)5-8-17(15)22-18/h1-10,22H,21H2. The highest BCUT2D eigenvalue weighted by molar-refractivity contribution is 6.14. The zero-order valence-corrected chi connectivity index (χ0v) is 12.1. The Morgan fingerprint density at radius 2 is 1.78 bits per heavy atom. The molecule has 0 aliphatic heterocycles. The molecule has 1 heterocycles. The van der Waals surface area contributed by atoms with Crippen molar-refractivity contribution in [2.75, 3.05) is 5.73 Å². The van der Waals surface area contributed by atoms with E-state index < -0.39 is 5.82 Å². The lowest BCUT2D eigenvalue weighted by Gasteiger charge is -2.01. The number of nitrogens with two attached hydrogens (primary N) is 1. The number of carbonyl (C=O) groups is 1. The first-order valence-electron chi connectivity index (χ1n) is 7.24. The Kier molecular flexibility index (Phi) is 2.91. The number of halogens is 1. The van der Waals surface area contributed by atoms with Crippen LogP contribution in [0.2, 0.25) is 0 Å². The molecule has 1 aromatic heterocycles. The lowest BCUT2D eigenvalue weighted by molar-refractivity contribution is 0.103. The van der Waals surface area contributed by atoms with Crippen LogP contribution in [0, 0.1) is 5.82 Å². The van der Waals surface area contributed by atoms with Crippen molar-refractivity contribution in [1.82, 2.24) is 4.98 Å². The number of hydrogen-bond acceptors (Lipinski definition) is 2. The van der Waals surface area contributed by atoms with Crippen molar-refractivity contribution >= 4 is 33.1 Å². The summed E-state index contributed by atoms with van der Waals surface area (Å²) in [6, 6.07) is 17.7.